The van der Waals surface area contributed by atoms with Crippen molar-refractivity contribution in [1.29, 1.82) is 0 Å². The lowest BCUT2D eigenvalue weighted by atomic mass is 9.95. The van der Waals surface area contributed by atoms with Crippen LogP contribution in [0.25, 0.3) is 0 Å². The average molecular weight is 296 g/mol. The zero-order valence-electron chi connectivity index (χ0n) is 15.0. The molecule has 1 saturated carbocycles. The summed E-state index contributed by atoms with van der Waals surface area (Å²) in [5.41, 5.74) is 0. The summed E-state index contributed by atoms with van der Waals surface area (Å²) in [6, 6.07) is 0.886. The summed E-state index contributed by atoms with van der Waals surface area (Å²) >= 11 is 0. The van der Waals surface area contributed by atoms with Crippen LogP contribution in [0.15, 0.2) is 0 Å². The van der Waals surface area contributed by atoms with Crippen LogP contribution in [0.2, 0.25) is 0 Å². The molecule has 21 heavy (non-hydrogen) atoms. The summed E-state index contributed by atoms with van der Waals surface area (Å²) in [6.07, 6.45) is 21.7. The van der Waals surface area contributed by atoms with Gasteiger partial charge in [-0.2, -0.15) is 0 Å². The fraction of sp³-hybridized carbons (Fsp3) is 1.00. The fourth-order valence-corrected chi connectivity index (χ4v) is 3.30. The Kier molecular flexibility index (Phi) is 12.3. The second kappa shape index (κ2) is 13.6. The molecule has 1 fully saturated rings. The highest BCUT2D eigenvalue weighted by atomic mass is 14.9. The molecule has 1 aliphatic carbocycles. The Morgan fingerprint density at radius 1 is 0.714 bits per heavy atom. The van der Waals surface area contributed by atoms with E-state index in [1.54, 1.807) is 0 Å². The molecule has 126 valence electrons. The van der Waals surface area contributed by atoms with Crippen LogP contribution in [-0.2, 0) is 0 Å². The van der Waals surface area contributed by atoms with E-state index in [-0.39, 0.29) is 0 Å². The van der Waals surface area contributed by atoms with E-state index in [1.165, 1.54) is 103 Å². The SMILES string of the molecule is CCCCCCCCCCCCC(CCC)CNC1CC1. The predicted molar refractivity (Wildman–Crippen MR) is 95.9 cm³/mol. The molecule has 0 aromatic carbocycles. The molecule has 1 rings (SSSR count). The topological polar surface area (TPSA) is 12.0 Å². The third kappa shape index (κ3) is 12.2. The van der Waals surface area contributed by atoms with Crippen LogP contribution in [0.1, 0.15) is 110 Å². The van der Waals surface area contributed by atoms with Crippen LogP contribution in [0.5, 0.6) is 0 Å². The number of unbranched alkanes of at least 4 members (excludes halogenated alkanes) is 9. The Hall–Kier alpha value is -0.0400. The largest absolute Gasteiger partial charge is 0.314 e. The van der Waals surface area contributed by atoms with Crippen molar-refractivity contribution in [2.75, 3.05) is 6.54 Å². The minimum absolute atomic E-state index is 0.886. The second-order valence-corrected chi connectivity index (χ2v) is 7.31. The van der Waals surface area contributed by atoms with Crippen molar-refractivity contribution >= 4 is 0 Å². The lowest BCUT2D eigenvalue weighted by Gasteiger charge is -2.16. The summed E-state index contributed by atoms with van der Waals surface area (Å²) in [7, 11) is 0. The summed E-state index contributed by atoms with van der Waals surface area (Å²) in [4.78, 5) is 0. The van der Waals surface area contributed by atoms with Crippen LogP contribution in [0.3, 0.4) is 0 Å². The minimum atomic E-state index is 0.886. The van der Waals surface area contributed by atoms with Crippen LogP contribution in [0.4, 0.5) is 0 Å². The Balaban J connectivity index is 1.83. The van der Waals surface area contributed by atoms with E-state index >= 15 is 0 Å². The lowest BCUT2D eigenvalue weighted by molar-refractivity contribution is 0.393. The van der Waals surface area contributed by atoms with E-state index in [1.807, 2.05) is 0 Å². The van der Waals surface area contributed by atoms with Gasteiger partial charge in [0.25, 0.3) is 0 Å². The van der Waals surface area contributed by atoms with Gasteiger partial charge in [-0.1, -0.05) is 84.5 Å². The van der Waals surface area contributed by atoms with Gasteiger partial charge in [-0.25, -0.2) is 0 Å². The van der Waals surface area contributed by atoms with Gasteiger partial charge >= 0.3 is 0 Å². The van der Waals surface area contributed by atoms with Crippen molar-refractivity contribution in [3.05, 3.63) is 0 Å². The summed E-state index contributed by atoms with van der Waals surface area (Å²) in [6.45, 7) is 5.92. The van der Waals surface area contributed by atoms with Crippen LogP contribution in [-0.4, -0.2) is 12.6 Å². The van der Waals surface area contributed by atoms with E-state index in [0.29, 0.717) is 0 Å². The first-order chi connectivity index (χ1) is 10.4. The first-order valence-electron chi connectivity index (χ1n) is 10.1. The van der Waals surface area contributed by atoms with Gasteiger partial charge in [0.05, 0.1) is 0 Å². The van der Waals surface area contributed by atoms with Crippen LogP contribution < -0.4 is 5.32 Å². The Morgan fingerprint density at radius 3 is 1.81 bits per heavy atom. The van der Waals surface area contributed by atoms with Gasteiger partial charge in [0.2, 0.25) is 0 Å². The zero-order valence-corrected chi connectivity index (χ0v) is 15.0. The molecular formula is C20H41N. The molecule has 1 nitrogen and oxygen atoms in total. The van der Waals surface area contributed by atoms with Crippen molar-refractivity contribution < 1.29 is 0 Å². The molecule has 1 unspecified atom stereocenters. The lowest BCUT2D eigenvalue weighted by Crippen LogP contribution is -2.24. The number of hydrogen-bond donors (Lipinski definition) is 1. The smallest absolute Gasteiger partial charge is 0.00683 e. The van der Waals surface area contributed by atoms with Crippen LogP contribution in [0, 0.1) is 5.92 Å². The van der Waals surface area contributed by atoms with E-state index in [9.17, 15) is 0 Å². The number of nitrogens with one attached hydrogen (secondary N) is 1. The van der Waals surface area contributed by atoms with E-state index < -0.39 is 0 Å². The standard InChI is InChI=1S/C20H41N/c1-3-5-6-7-8-9-10-11-12-13-15-19(14-4-2)18-21-20-16-17-20/h19-21H,3-18H2,1-2H3. The maximum atomic E-state index is 3.73. The molecule has 0 aliphatic heterocycles. The highest BCUT2D eigenvalue weighted by molar-refractivity contribution is 4.81. The highest BCUT2D eigenvalue weighted by Crippen LogP contribution is 2.21. The van der Waals surface area contributed by atoms with E-state index in [2.05, 4.69) is 19.2 Å². The Morgan fingerprint density at radius 2 is 1.29 bits per heavy atom. The number of rotatable bonds is 16. The molecule has 0 spiro atoms. The molecule has 0 aromatic heterocycles. The normalized spacial score (nSPS) is 16.3. The van der Waals surface area contributed by atoms with Gasteiger partial charge in [-0.05, 0) is 38.1 Å². The molecular weight excluding hydrogens is 254 g/mol. The van der Waals surface area contributed by atoms with Gasteiger partial charge in [-0.3, -0.25) is 0 Å². The van der Waals surface area contributed by atoms with Crippen molar-refractivity contribution in [3.8, 4) is 0 Å². The maximum Gasteiger partial charge on any atom is 0.00683 e. The monoisotopic (exact) mass is 295 g/mol. The first kappa shape index (κ1) is 19.0. The van der Waals surface area contributed by atoms with Crippen molar-refractivity contribution in [2.24, 2.45) is 5.92 Å². The zero-order chi connectivity index (χ0) is 15.2. The quantitative estimate of drug-likeness (QED) is 0.322. The molecule has 0 aromatic rings. The van der Waals surface area contributed by atoms with Gasteiger partial charge in [0.15, 0.2) is 0 Å². The van der Waals surface area contributed by atoms with Gasteiger partial charge in [0, 0.05) is 6.04 Å². The first-order valence-corrected chi connectivity index (χ1v) is 10.1. The van der Waals surface area contributed by atoms with E-state index in [0.717, 1.165) is 12.0 Å². The van der Waals surface area contributed by atoms with Crippen molar-refractivity contribution in [3.63, 3.8) is 0 Å². The predicted octanol–water partition coefficient (Wildman–Crippen LogP) is 6.47. The summed E-state index contributed by atoms with van der Waals surface area (Å²) in [5.74, 6) is 0.949. The molecule has 0 radical (unpaired) electrons. The van der Waals surface area contributed by atoms with Gasteiger partial charge in [-0.15, -0.1) is 0 Å². The molecule has 0 bridgehead atoms. The molecule has 0 amide bonds. The summed E-state index contributed by atoms with van der Waals surface area (Å²) < 4.78 is 0. The molecule has 1 aliphatic rings. The Labute approximate surface area is 134 Å². The highest BCUT2D eigenvalue weighted by Gasteiger charge is 2.21. The third-order valence-corrected chi connectivity index (χ3v) is 4.94. The van der Waals surface area contributed by atoms with E-state index in [4.69, 9.17) is 0 Å². The molecule has 1 atom stereocenters. The summed E-state index contributed by atoms with van der Waals surface area (Å²) in [5, 5.41) is 3.73. The van der Waals surface area contributed by atoms with Crippen LogP contribution >= 0.6 is 0 Å². The van der Waals surface area contributed by atoms with Crippen molar-refractivity contribution in [1.82, 2.24) is 5.32 Å². The average Bonchev–Trinajstić information content (AvgIpc) is 3.31. The third-order valence-electron chi connectivity index (χ3n) is 4.94. The fourth-order valence-electron chi connectivity index (χ4n) is 3.30. The Bertz CT molecular complexity index is 210. The molecule has 0 saturated heterocycles. The molecule has 1 N–H and O–H groups in total. The molecule has 0 heterocycles. The van der Waals surface area contributed by atoms with Crippen molar-refractivity contribution in [2.45, 2.75) is 116 Å². The maximum absolute atomic E-state index is 3.73. The molecule has 1 heteroatoms. The second-order valence-electron chi connectivity index (χ2n) is 7.31. The van der Waals surface area contributed by atoms with Gasteiger partial charge < -0.3 is 5.32 Å². The number of hydrogen-bond acceptors (Lipinski definition) is 1. The minimum Gasteiger partial charge on any atom is -0.314 e. The van der Waals surface area contributed by atoms with Gasteiger partial charge in [0.1, 0.15) is 0 Å².